The number of anilines is 1. The average molecular weight is 407 g/mol. The van der Waals surface area contributed by atoms with Crippen molar-refractivity contribution in [3.63, 3.8) is 0 Å². The molecule has 0 radical (unpaired) electrons. The number of benzene rings is 2. The molecule has 0 unspecified atom stereocenters. The van der Waals surface area contributed by atoms with Crippen molar-refractivity contribution in [2.24, 2.45) is 0 Å². The normalized spacial score (nSPS) is 14.6. The van der Waals surface area contributed by atoms with E-state index < -0.39 is 5.91 Å². The molecular weight excluding hydrogens is 380 g/mol. The molecule has 0 atom stereocenters. The molecule has 2 heterocycles. The van der Waals surface area contributed by atoms with Gasteiger partial charge in [-0.1, -0.05) is 36.4 Å². The quantitative estimate of drug-likeness (QED) is 0.557. The summed E-state index contributed by atoms with van der Waals surface area (Å²) in [5.74, 6) is -0.421. The van der Waals surface area contributed by atoms with Crippen LogP contribution in [-0.4, -0.2) is 44.5 Å². The number of nitrogens with zero attached hydrogens (tertiary/aromatic N) is 1. The summed E-state index contributed by atoms with van der Waals surface area (Å²) in [6.45, 7) is 6.51. The summed E-state index contributed by atoms with van der Waals surface area (Å²) in [6.07, 6.45) is 0.361. The number of carbonyl (C=O) groups excluding carboxylic acids is 2. The number of rotatable bonds is 5. The molecule has 0 bridgehead atoms. The fraction of sp³-hybridized carbons (Fsp3) is 0.304. The van der Waals surface area contributed by atoms with Crippen LogP contribution in [0, 0.1) is 6.92 Å². The summed E-state index contributed by atoms with van der Waals surface area (Å²) in [6, 6.07) is 17.9. The van der Waals surface area contributed by atoms with E-state index in [1.807, 2.05) is 37.3 Å². The van der Waals surface area contributed by atoms with Gasteiger partial charge in [-0.3, -0.25) is 20.4 Å². The molecule has 30 heavy (non-hydrogen) atoms. The first-order chi connectivity index (χ1) is 14.6. The maximum atomic E-state index is 12.4. The lowest BCUT2D eigenvalue weighted by molar-refractivity contribution is -0.900. The van der Waals surface area contributed by atoms with Gasteiger partial charge >= 0.3 is 5.91 Å². The molecule has 0 saturated carbocycles. The number of para-hydroxylation sites is 2. The van der Waals surface area contributed by atoms with Crippen LogP contribution >= 0.6 is 0 Å². The zero-order chi connectivity index (χ0) is 20.9. The Balaban J connectivity index is 1.21. The number of nitrogens with one attached hydrogen (secondary N) is 3. The number of amides is 2. The predicted octanol–water partition coefficient (Wildman–Crippen LogP) is 1.30. The summed E-state index contributed by atoms with van der Waals surface area (Å²) < 4.78 is 5.62. The molecule has 7 heteroatoms. The molecule has 4 rings (SSSR count). The van der Waals surface area contributed by atoms with E-state index in [0.717, 1.165) is 43.7 Å². The number of furan rings is 1. The van der Waals surface area contributed by atoms with Gasteiger partial charge in [-0.05, 0) is 25.1 Å². The molecule has 3 N–H and O–H groups in total. The van der Waals surface area contributed by atoms with Crippen LogP contribution in [0.4, 0.5) is 5.69 Å². The van der Waals surface area contributed by atoms with Crippen LogP contribution in [0.25, 0.3) is 11.0 Å². The Hall–Kier alpha value is -3.32. The maximum absolute atomic E-state index is 12.4. The zero-order valence-corrected chi connectivity index (χ0v) is 17.1. The highest BCUT2D eigenvalue weighted by molar-refractivity contribution is 5.99. The van der Waals surface area contributed by atoms with Crippen molar-refractivity contribution in [3.05, 3.63) is 65.9 Å². The van der Waals surface area contributed by atoms with Gasteiger partial charge in [0.1, 0.15) is 5.58 Å². The van der Waals surface area contributed by atoms with Crippen molar-refractivity contribution in [1.29, 1.82) is 0 Å². The minimum Gasteiger partial charge on any atom is -0.451 e. The van der Waals surface area contributed by atoms with E-state index in [4.69, 9.17) is 4.42 Å². The monoisotopic (exact) mass is 407 g/mol. The second-order valence-corrected chi connectivity index (χ2v) is 7.63. The smallest absolute Gasteiger partial charge is 0.305 e. The lowest BCUT2D eigenvalue weighted by Crippen LogP contribution is -3.15. The van der Waals surface area contributed by atoms with E-state index in [1.54, 1.807) is 0 Å². The molecule has 1 saturated heterocycles. The van der Waals surface area contributed by atoms with Gasteiger partial charge in [0, 0.05) is 16.6 Å². The maximum Gasteiger partial charge on any atom is 0.305 e. The van der Waals surface area contributed by atoms with Crippen LogP contribution in [0.15, 0.2) is 59.0 Å². The van der Waals surface area contributed by atoms with Gasteiger partial charge in [-0.25, -0.2) is 0 Å². The molecule has 0 aliphatic carbocycles. The summed E-state index contributed by atoms with van der Waals surface area (Å²) in [7, 11) is 0. The van der Waals surface area contributed by atoms with Crippen LogP contribution in [0.3, 0.4) is 0 Å². The van der Waals surface area contributed by atoms with E-state index in [1.165, 1.54) is 10.6 Å². The van der Waals surface area contributed by atoms with Gasteiger partial charge in [0.05, 0.1) is 39.1 Å². The minimum atomic E-state index is -0.444. The highest BCUT2D eigenvalue weighted by atomic mass is 16.3. The van der Waals surface area contributed by atoms with Gasteiger partial charge in [0.25, 0.3) is 0 Å². The predicted molar refractivity (Wildman–Crippen MR) is 115 cm³/mol. The van der Waals surface area contributed by atoms with Crippen LogP contribution in [0.2, 0.25) is 0 Å². The molecular formula is C23H27N4O3+. The second-order valence-electron chi connectivity index (χ2n) is 7.63. The van der Waals surface area contributed by atoms with E-state index >= 15 is 0 Å². The number of aryl methyl sites for hydroxylation is 1. The van der Waals surface area contributed by atoms with Gasteiger partial charge in [0.15, 0.2) is 5.76 Å². The third kappa shape index (κ3) is 4.46. The number of carbonyl (C=O) groups is 2. The topological polar surface area (TPSA) is 79.0 Å². The first kappa shape index (κ1) is 20.0. The Labute approximate surface area is 175 Å². The molecule has 1 aliphatic rings. The van der Waals surface area contributed by atoms with Crippen LogP contribution in [0.5, 0.6) is 0 Å². The number of quaternary nitrogens is 1. The number of piperazine rings is 1. The number of hydrogen-bond donors (Lipinski definition) is 3. The van der Waals surface area contributed by atoms with E-state index in [2.05, 4.69) is 40.0 Å². The standard InChI is InChI=1S/C23H26N4O3/c1-17-19-9-5-6-10-20(19)30-22(17)23(29)25-24-21(28)11-12-26-13-15-27(16-14-26)18-7-3-2-4-8-18/h2-10H,11-16H2,1H3,(H,24,28)(H,25,29)/p+1. The Morgan fingerprint density at radius 2 is 1.70 bits per heavy atom. The molecule has 3 aromatic rings. The third-order valence-corrected chi connectivity index (χ3v) is 5.66. The molecule has 1 aromatic heterocycles. The largest absolute Gasteiger partial charge is 0.451 e. The number of hydrogen-bond acceptors (Lipinski definition) is 4. The minimum absolute atomic E-state index is 0.199. The SMILES string of the molecule is Cc1c(C(=O)NNC(=O)CC[NH+]2CCN(c3ccccc3)CC2)oc2ccccc12. The first-order valence-corrected chi connectivity index (χ1v) is 10.3. The van der Waals surface area contributed by atoms with Crippen molar-refractivity contribution >= 4 is 28.5 Å². The lowest BCUT2D eigenvalue weighted by atomic mass is 10.1. The van der Waals surface area contributed by atoms with E-state index in [9.17, 15) is 9.59 Å². The number of fused-ring (bicyclic) bond motifs is 1. The molecule has 1 aliphatic heterocycles. The summed E-state index contributed by atoms with van der Waals surface area (Å²) in [5, 5.41) is 0.896. The molecule has 156 valence electrons. The Kier molecular flexibility index (Phi) is 5.99. The molecule has 1 fully saturated rings. The second kappa shape index (κ2) is 9.00. The van der Waals surface area contributed by atoms with Gasteiger partial charge in [0.2, 0.25) is 5.91 Å². The van der Waals surface area contributed by atoms with Gasteiger partial charge in [-0.2, -0.15) is 0 Å². The molecule has 7 nitrogen and oxygen atoms in total. The van der Waals surface area contributed by atoms with E-state index in [0.29, 0.717) is 12.0 Å². The first-order valence-electron chi connectivity index (χ1n) is 10.3. The van der Waals surface area contributed by atoms with Crippen LogP contribution in [0.1, 0.15) is 22.5 Å². The van der Waals surface area contributed by atoms with E-state index in [-0.39, 0.29) is 11.7 Å². The molecule has 2 aromatic carbocycles. The fourth-order valence-electron chi connectivity index (χ4n) is 3.90. The van der Waals surface area contributed by atoms with Crippen LogP contribution in [-0.2, 0) is 4.79 Å². The van der Waals surface area contributed by atoms with Crippen molar-refractivity contribution in [3.8, 4) is 0 Å². The third-order valence-electron chi connectivity index (χ3n) is 5.66. The zero-order valence-electron chi connectivity index (χ0n) is 17.1. The summed E-state index contributed by atoms with van der Waals surface area (Å²) in [4.78, 5) is 28.3. The average Bonchev–Trinajstić information content (AvgIpc) is 3.14. The van der Waals surface area contributed by atoms with Crippen LogP contribution < -0.4 is 20.7 Å². The van der Waals surface area contributed by atoms with Crippen molar-refractivity contribution < 1.29 is 18.9 Å². The fourth-order valence-corrected chi connectivity index (χ4v) is 3.90. The molecule has 2 amide bonds. The number of hydrazine groups is 1. The summed E-state index contributed by atoms with van der Waals surface area (Å²) in [5.41, 5.74) is 7.64. The Morgan fingerprint density at radius 1 is 1.00 bits per heavy atom. The highest BCUT2D eigenvalue weighted by Crippen LogP contribution is 2.24. The van der Waals surface area contributed by atoms with Gasteiger partial charge < -0.3 is 14.2 Å². The Morgan fingerprint density at radius 3 is 2.43 bits per heavy atom. The molecule has 0 spiro atoms. The Bertz CT molecular complexity index is 1020. The van der Waals surface area contributed by atoms with Crippen molar-refractivity contribution in [1.82, 2.24) is 10.9 Å². The van der Waals surface area contributed by atoms with Crippen molar-refractivity contribution in [2.75, 3.05) is 37.6 Å². The van der Waals surface area contributed by atoms with Gasteiger partial charge in [-0.15, -0.1) is 0 Å². The summed E-state index contributed by atoms with van der Waals surface area (Å²) >= 11 is 0. The van der Waals surface area contributed by atoms with Crippen molar-refractivity contribution in [2.45, 2.75) is 13.3 Å². The lowest BCUT2D eigenvalue weighted by Gasteiger charge is -2.33. The highest BCUT2D eigenvalue weighted by Gasteiger charge is 2.21.